The highest BCUT2D eigenvalue weighted by atomic mass is 32.2. The minimum atomic E-state index is -3.17. The summed E-state index contributed by atoms with van der Waals surface area (Å²) in [6.45, 7) is 0.861. The van der Waals surface area contributed by atoms with E-state index in [4.69, 9.17) is 4.42 Å². The second-order valence-corrected chi connectivity index (χ2v) is 7.03. The number of carbonyl (C=O) groups excluding carboxylic acids is 1. The fourth-order valence-electron chi connectivity index (χ4n) is 2.58. The van der Waals surface area contributed by atoms with E-state index >= 15 is 0 Å². The lowest BCUT2D eigenvalue weighted by Crippen LogP contribution is -2.43. The summed E-state index contributed by atoms with van der Waals surface area (Å²) in [4.78, 5) is 11.9. The summed E-state index contributed by atoms with van der Waals surface area (Å²) in [5.41, 5.74) is -0.382. The summed E-state index contributed by atoms with van der Waals surface area (Å²) in [6, 6.07) is 3.24. The Bertz CT molecular complexity index is 580. The number of carbonyl (C=O) groups is 1. The monoisotopic (exact) mass is 270 g/mol. The molecule has 6 nitrogen and oxygen atoms in total. The van der Waals surface area contributed by atoms with Gasteiger partial charge in [0, 0.05) is 13.1 Å². The zero-order valence-corrected chi connectivity index (χ0v) is 10.7. The summed E-state index contributed by atoms with van der Waals surface area (Å²) in [5, 5.41) is 2.90. The van der Waals surface area contributed by atoms with Crippen molar-refractivity contribution >= 4 is 15.9 Å². The standard InChI is InChI=1S/C11H14N2O4S/c1-18(15,16)13-6-8-5-11(8,7-13)12-10(14)9-3-2-4-17-9/h2-4,8H,5-7H2,1H3,(H,12,14)/t8-,11-/m0/s1. The lowest BCUT2D eigenvalue weighted by Gasteiger charge is -2.19. The van der Waals surface area contributed by atoms with Gasteiger partial charge in [-0.15, -0.1) is 0 Å². The van der Waals surface area contributed by atoms with Gasteiger partial charge in [-0.05, 0) is 24.5 Å². The summed E-state index contributed by atoms with van der Waals surface area (Å²) >= 11 is 0. The number of nitrogens with zero attached hydrogens (tertiary/aromatic N) is 1. The largest absolute Gasteiger partial charge is 0.459 e. The second kappa shape index (κ2) is 3.58. The van der Waals surface area contributed by atoms with Crippen molar-refractivity contribution in [3.05, 3.63) is 24.2 Å². The van der Waals surface area contributed by atoms with Crippen LogP contribution < -0.4 is 5.32 Å². The van der Waals surface area contributed by atoms with Crippen molar-refractivity contribution in [2.75, 3.05) is 19.3 Å². The van der Waals surface area contributed by atoms with E-state index in [0.717, 1.165) is 6.42 Å². The van der Waals surface area contributed by atoms with Crippen molar-refractivity contribution in [3.8, 4) is 0 Å². The minimum Gasteiger partial charge on any atom is -0.459 e. The Morgan fingerprint density at radius 1 is 1.61 bits per heavy atom. The van der Waals surface area contributed by atoms with Crippen molar-refractivity contribution in [1.82, 2.24) is 9.62 Å². The van der Waals surface area contributed by atoms with Gasteiger partial charge in [0.15, 0.2) is 5.76 Å². The van der Waals surface area contributed by atoms with Gasteiger partial charge in [0.2, 0.25) is 10.0 Å². The third-order valence-electron chi connectivity index (χ3n) is 3.69. The molecule has 0 spiro atoms. The van der Waals surface area contributed by atoms with Crippen LogP contribution in [0.4, 0.5) is 0 Å². The molecule has 2 aliphatic rings. The summed E-state index contributed by atoms with van der Waals surface area (Å²) in [7, 11) is -3.17. The summed E-state index contributed by atoms with van der Waals surface area (Å²) < 4.78 is 29.3. The molecule has 1 amide bonds. The summed E-state index contributed by atoms with van der Waals surface area (Å²) in [5.74, 6) is 0.205. The lowest BCUT2D eigenvalue weighted by atomic mass is 10.2. The van der Waals surface area contributed by atoms with E-state index in [1.165, 1.54) is 16.8 Å². The van der Waals surface area contributed by atoms with Gasteiger partial charge in [-0.3, -0.25) is 4.79 Å². The quantitative estimate of drug-likeness (QED) is 0.841. The Hall–Kier alpha value is -1.34. The van der Waals surface area contributed by atoms with Crippen LogP contribution in [0.2, 0.25) is 0 Å². The molecule has 1 aliphatic heterocycles. The number of rotatable bonds is 3. The number of fused-ring (bicyclic) bond motifs is 1. The molecule has 18 heavy (non-hydrogen) atoms. The molecule has 1 saturated carbocycles. The fourth-order valence-corrected chi connectivity index (χ4v) is 3.50. The van der Waals surface area contributed by atoms with E-state index in [0.29, 0.717) is 13.1 Å². The topological polar surface area (TPSA) is 79.6 Å². The maximum Gasteiger partial charge on any atom is 0.287 e. The molecule has 2 atom stereocenters. The minimum absolute atomic E-state index is 0.228. The van der Waals surface area contributed by atoms with Crippen molar-refractivity contribution in [2.45, 2.75) is 12.0 Å². The van der Waals surface area contributed by atoms with Gasteiger partial charge in [0.1, 0.15) is 0 Å². The predicted octanol–water partition coefficient (Wildman–Crippen LogP) is 0.0433. The molecular formula is C11H14N2O4S. The maximum atomic E-state index is 11.9. The van der Waals surface area contributed by atoms with E-state index in [1.54, 1.807) is 12.1 Å². The van der Waals surface area contributed by atoms with Crippen LogP contribution in [0.5, 0.6) is 0 Å². The molecule has 7 heteroatoms. The first kappa shape index (κ1) is 11.7. The molecule has 1 saturated heterocycles. The molecule has 3 rings (SSSR count). The highest BCUT2D eigenvalue weighted by Crippen LogP contribution is 2.50. The smallest absolute Gasteiger partial charge is 0.287 e. The van der Waals surface area contributed by atoms with Crippen LogP contribution in [0, 0.1) is 5.92 Å². The van der Waals surface area contributed by atoms with Crippen LogP contribution in [0.3, 0.4) is 0 Å². The number of hydrogen-bond acceptors (Lipinski definition) is 4. The zero-order chi connectivity index (χ0) is 13.0. The number of amides is 1. The molecule has 2 heterocycles. The van der Waals surface area contributed by atoms with E-state index in [-0.39, 0.29) is 23.1 Å². The Balaban J connectivity index is 1.71. The molecule has 0 bridgehead atoms. The highest BCUT2D eigenvalue weighted by molar-refractivity contribution is 7.88. The summed E-state index contributed by atoms with van der Waals surface area (Å²) in [6.07, 6.45) is 3.47. The Kier molecular flexibility index (Phi) is 2.33. The fraction of sp³-hybridized carbons (Fsp3) is 0.545. The molecule has 1 aliphatic carbocycles. The van der Waals surface area contributed by atoms with Gasteiger partial charge in [-0.2, -0.15) is 4.31 Å². The number of sulfonamides is 1. The van der Waals surface area contributed by atoms with E-state index in [2.05, 4.69) is 5.32 Å². The van der Waals surface area contributed by atoms with Crippen molar-refractivity contribution in [1.29, 1.82) is 0 Å². The van der Waals surface area contributed by atoms with Crippen molar-refractivity contribution < 1.29 is 17.6 Å². The van der Waals surface area contributed by atoms with E-state index in [1.807, 2.05) is 0 Å². The normalized spacial score (nSPS) is 31.1. The Morgan fingerprint density at radius 2 is 2.39 bits per heavy atom. The lowest BCUT2D eigenvalue weighted by molar-refractivity contribution is 0.0902. The molecule has 1 aromatic rings. The van der Waals surface area contributed by atoms with Gasteiger partial charge in [0.05, 0.1) is 18.1 Å². The van der Waals surface area contributed by atoms with Crippen LogP contribution in [0.15, 0.2) is 22.8 Å². The van der Waals surface area contributed by atoms with E-state index in [9.17, 15) is 13.2 Å². The molecule has 98 valence electrons. The average Bonchev–Trinajstić information content (AvgIpc) is 2.74. The average molecular weight is 270 g/mol. The van der Waals surface area contributed by atoms with Crippen LogP contribution >= 0.6 is 0 Å². The zero-order valence-electron chi connectivity index (χ0n) is 9.92. The van der Waals surface area contributed by atoms with Crippen LogP contribution in [0.25, 0.3) is 0 Å². The van der Waals surface area contributed by atoms with Crippen LogP contribution in [-0.2, 0) is 10.0 Å². The van der Waals surface area contributed by atoms with Crippen molar-refractivity contribution in [3.63, 3.8) is 0 Å². The molecule has 0 aromatic carbocycles. The first-order valence-corrected chi connectivity index (χ1v) is 7.57. The molecular weight excluding hydrogens is 256 g/mol. The number of hydrogen-bond donors (Lipinski definition) is 1. The van der Waals surface area contributed by atoms with Crippen molar-refractivity contribution in [2.24, 2.45) is 5.92 Å². The van der Waals surface area contributed by atoms with Crippen LogP contribution in [0.1, 0.15) is 17.0 Å². The SMILES string of the molecule is CS(=O)(=O)N1C[C@@H]2C[C@]2(NC(=O)c2ccco2)C1. The second-order valence-electron chi connectivity index (χ2n) is 5.04. The van der Waals surface area contributed by atoms with Crippen LogP contribution in [-0.4, -0.2) is 43.5 Å². The third kappa shape index (κ3) is 1.83. The van der Waals surface area contributed by atoms with Gasteiger partial charge >= 0.3 is 0 Å². The van der Waals surface area contributed by atoms with Gasteiger partial charge < -0.3 is 9.73 Å². The molecule has 0 unspecified atom stereocenters. The molecule has 2 fully saturated rings. The van der Waals surface area contributed by atoms with Gasteiger partial charge in [-0.1, -0.05) is 0 Å². The predicted molar refractivity (Wildman–Crippen MR) is 63.4 cm³/mol. The molecule has 1 N–H and O–H groups in total. The number of piperidine rings is 1. The maximum absolute atomic E-state index is 11.9. The highest BCUT2D eigenvalue weighted by Gasteiger charge is 2.62. The number of furan rings is 1. The van der Waals surface area contributed by atoms with Gasteiger partial charge in [0.25, 0.3) is 5.91 Å². The first-order valence-electron chi connectivity index (χ1n) is 5.72. The Labute approximate surface area is 105 Å². The molecule has 1 aromatic heterocycles. The first-order chi connectivity index (χ1) is 8.41. The third-order valence-corrected chi connectivity index (χ3v) is 4.91. The Morgan fingerprint density at radius 3 is 2.94 bits per heavy atom. The number of nitrogens with one attached hydrogen (secondary N) is 1. The van der Waals surface area contributed by atoms with Gasteiger partial charge in [-0.25, -0.2) is 8.42 Å². The van der Waals surface area contributed by atoms with E-state index < -0.39 is 10.0 Å². The molecule has 0 radical (unpaired) electrons.